The van der Waals surface area contributed by atoms with Gasteiger partial charge < -0.3 is 0 Å². The predicted molar refractivity (Wildman–Crippen MR) is 100 cm³/mol. The van der Waals surface area contributed by atoms with E-state index in [1.54, 1.807) is 23.1 Å². The number of fused-ring (bicyclic) bond motifs is 1. The molecule has 1 aliphatic rings. The van der Waals surface area contributed by atoms with Gasteiger partial charge in [-0.15, -0.1) is 11.3 Å². The van der Waals surface area contributed by atoms with Crippen LogP contribution in [-0.4, -0.2) is 11.2 Å². The molecule has 0 spiro atoms. The van der Waals surface area contributed by atoms with Crippen LogP contribution in [0.25, 0.3) is 10.6 Å². The first-order chi connectivity index (χ1) is 11.3. The van der Waals surface area contributed by atoms with E-state index in [1.807, 2.05) is 18.5 Å². The first kappa shape index (κ1) is 14.4. The molecule has 112 valence electrons. The maximum Gasteiger partial charge on any atom is 0.110 e. The first-order valence-corrected chi connectivity index (χ1v) is 9.03. The summed E-state index contributed by atoms with van der Waals surface area (Å²) >= 11 is 3.43. The minimum absolute atomic E-state index is 1.00. The molecule has 0 radical (unpaired) electrons. The van der Waals surface area contributed by atoms with Gasteiger partial charge in [-0.3, -0.25) is 4.99 Å². The molecule has 0 unspecified atom stereocenters. The number of rotatable bonds is 2. The van der Waals surface area contributed by atoms with Crippen molar-refractivity contribution in [1.29, 1.82) is 0 Å². The van der Waals surface area contributed by atoms with Gasteiger partial charge in [0.15, 0.2) is 0 Å². The van der Waals surface area contributed by atoms with E-state index in [1.165, 1.54) is 10.4 Å². The summed E-state index contributed by atoms with van der Waals surface area (Å²) in [5.74, 6) is 0. The third-order valence-corrected chi connectivity index (χ3v) is 5.79. The average Bonchev–Trinajstić information content (AvgIpc) is 3.04. The normalized spacial score (nSPS) is 13.8. The number of hydrogen-bond acceptors (Lipinski definition) is 4. The van der Waals surface area contributed by atoms with E-state index in [-0.39, 0.29) is 0 Å². The molecular formula is C19H14N2S2. The fourth-order valence-corrected chi connectivity index (χ4v) is 4.33. The standard InChI is InChI=1S/C19H14N2S2/c1-13-6-8-14(9-7-13)17-18(16-5-3-11-22-16)23-19-15(12-21-17)4-2-10-20-19/h2-12H,1H3. The Morgan fingerprint density at radius 3 is 2.61 bits per heavy atom. The van der Waals surface area contributed by atoms with Gasteiger partial charge in [0.05, 0.1) is 10.6 Å². The number of hydrogen-bond donors (Lipinski definition) is 0. The molecule has 0 bridgehead atoms. The summed E-state index contributed by atoms with van der Waals surface area (Å²) in [6, 6.07) is 16.8. The monoisotopic (exact) mass is 334 g/mol. The van der Waals surface area contributed by atoms with Crippen LogP contribution in [0.4, 0.5) is 0 Å². The highest BCUT2D eigenvalue weighted by Crippen LogP contribution is 2.43. The Labute approximate surface area is 143 Å². The van der Waals surface area contributed by atoms with Crippen LogP contribution in [0.1, 0.15) is 21.6 Å². The van der Waals surface area contributed by atoms with Crippen molar-refractivity contribution in [1.82, 2.24) is 4.98 Å². The topological polar surface area (TPSA) is 25.2 Å². The molecule has 3 heterocycles. The van der Waals surface area contributed by atoms with E-state index >= 15 is 0 Å². The van der Waals surface area contributed by atoms with Gasteiger partial charge in [0.2, 0.25) is 0 Å². The lowest BCUT2D eigenvalue weighted by molar-refractivity contribution is 1.13. The summed E-state index contributed by atoms with van der Waals surface area (Å²) in [5, 5.41) is 3.10. The van der Waals surface area contributed by atoms with Crippen LogP contribution in [0.3, 0.4) is 0 Å². The molecule has 1 aliphatic heterocycles. The van der Waals surface area contributed by atoms with Gasteiger partial charge in [0, 0.05) is 28.4 Å². The molecule has 0 saturated heterocycles. The Balaban J connectivity index is 1.91. The van der Waals surface area contributed by atoms with Crippen LogP contribution in [0.5, 0.6) is 0 Å². The minimum atomic E-state index is 1.00. The molecule has 4 heteroatoms. The fourth-order valence-electron chi connectivity index (χ4n) is 2.42. The molecule has 0 amide bonds. The highest BCUT2D eigenvalue weighted by atomic mass is 32.2. The van der Waals surface area contributed by atoms with Crippen molar-refractivity contribution < 1.29 is 0 Å². The van der Waals surface area contributed by atoms with Crippen molar-refractivity contribution in [2.75, 3.05) is 0 Å². The van der Waals surface area contributed by atoms with Gasteiger partial charge in [-0.25, -0.2) is 4.98 Å². The predicted octanol–water partition coefficient (Wildman–Crippen LogP) is 5.50. The molecule has 2 nitrogen and oxygen atoms in total. The van der Waals surface area contributed by atoms with Crippen molar-refractivity contribution in [2.24, 2.45) is 4.99 Å². The third kappa shape index (κ3) is 2.87. The maximum atomic E-state index is 4.80. The van der Waals surface area contributed by atoms with Crippen LogP contribution in [0.15, 0.2) is 70.1 Å². The largest absolute Gasteiger partial charge is 0.254 e. The quantitative estimate of drug-likeness (QED) is 0.618. The van der Waals surface area contributed by atoms with Gasteiger partial charge >= 0.3 is 0 Å². The van der Waals surface area contributed by atoms with Crippen molar-refractivity contribution in [3.05, 3.63) is 81.7 Å². The van der Waals surface area contributed by atoms with Gasteiger partial charge in [0.25, 0.3) is 0 Å². The summed E-state index contributed by atoms with van der Waals surface area (Å²) in [5.41, 5.74) is 4.46. The SMILES string of the molecule is Cc1ccc(C2=C(c3cccs3)Sc3ncccc3C=N2)cc1. The molecular weight excluding hydrogens is 320 g/mol. The van der Waals surface area contributed by atoms with Crippen molar-refractivity contribution >= 4 is 39.9 Å². The summed E-state index contributed by atoms with van der Waals surface area (Å²) in [4.78, 5) is 11.7. The van der Waals surface area contributed by atoms with E-state index in [2.05, 4.69) is 59.8 Å². The van der Waals surface area contributed by atoms with Gasteiger partial charge in [-0.05, 0) is 30.5 Å². The van der Waals surface area contributed by atoms with Gasteiger partial charge in [0.1, 0.15) is 5.03 Å². The second kappa shape index (κ2) is 6.14. The number of aromatic nitrogens is 1. The molecule has 0 atom stereocenters. The molecule has 0 N–H and O–H groups in total. The lowest BCUT2D eigenvalue weighted by Crippen LogP contribution is -1.87. The molecule has 23 heavy (non-hydrogen) atoms. The zero-order valence-electron chi connectivity index (χ0n) is 12.6. The minimum Gasteiger partial charge on any atom is -0.254 e. The van der Waals surface area contributed by atoms with Crippen molar-refractivity contribution in [3.63, 3.8) is 0 Å². The highest BCUT2D eigenvalue weighted by molar-refractivity contribution is 8.08. The first-order valence-electron chi connectivity index (χ1n) is 7.33. The van der Waals surface area contributed by atoms with Gasteiger partial charge in [-0.1, -0.05) is 47.7 Å². The van der Waals surface area contributed by atoms with Crippen LogP contribution < -0.4 is 0 Å². The Hall–Kier alpha value is -2.17. The number of aliphatic imine (C=N–C) groups is 1. The van der Waals surface area contributed by atoms with E-state index in [0.717, 1.165) is 26.8 Å². The Bertz CT molecular complexity index is 891. The van der Waals surface area contributed by atoms with Crippen LogP contribution in [0, 0.1) is 6.92 Å². The summed E-state index contributed by atoms with van der Waals surface area (Å²) in [6.07, 6.45) is 3.76. The lowest BCUT2D eigenvalue weighted by Gasteiger charge is -2.09. The smallest absolute Gasteiger partial charge is 0.110 e. The molecule has 0 saturated carbocycles. The van der Waals surface area contributed by atoms with E-state index in [4.69, 9.17) is 4.99 Å². The van der Waals surface area contributed by atoms with Crippen LogP contribution >= 0.6 is 23.1 Å². The Morgan fingerprint density at radius 2 is 1.83 bits per heavy atom. The van der Waals surface area contributed by atoms with Crippen molar-refractivity contribution in [2.45, 2.75) is 11.9 Å². The number of aryl methyl sites for hydroxylation is 1. The highest BCUT2D eigenvalue weighted by Gasteiger charge is 2.18. The van der Waals surface area contributed by atoms with E-state index < -0.39 is 0 Å². The number of thiophene rings is 1. The Kier molecular flexibility index (Phi) is 3.85. The number of thioether (sulfide) groups is 1. The molecule has 0 fully saturated rings. The van der Waals surface area contributed by atoms with E-state index in [9.17, 15) is 0 Å². The number of benzene rings is 1. The third-order valence-electron chi connectivity index (χ3n) is 3.62. The van der Waals surface area contributed by atoms with Crippen LogP contribution in [0.2, 0.25) is 0 Å². The summed E-state index contributed by atoms with van der Waals surface area (Å²) < 4.78 is 0. The summed E-state index contributed by atoms with van der Waals surface area (Å²) in [7, 11) is 0. The maximum absolute atomic E-state index is 4.80. The summed E-state index contributed by atoms with van der Waals surface area (Å²) in [6.45, 7) is 2.10. The Morgan fingerprint density at radius 1 is 0.957 bits per heavy atom. The van der Waals surface area contributed by atoms with Gasteiger partial charge in [-0.2, -0.15) is 0 Å². The van der Waals surface area contributed by atoms with Crippen molar-refractivity contribution in [3.8, 4) is 0 Å². The van der Waals surface area contributed by atoms with E-state index in [0.29, 0.717) is 0 Å². The second-order valence-electron chi connectivity index (χ2n) is 5.28. The molecule has 0 aliphatic carbocycles. The zero-order valence-corrected chi connectivity index (χ0v) is 14.2. The molecule has 4 rings (SSSR count). The second-order valence-corrected chi connectivity index (χ2v) is 7.23. The van der Waals surface area contributed by atoms with Crippen LogP contribution in [-0.2, 0) is 0 Å². The number of pyridine rings is 1. The molecule has 2 aromatic heterocycles. The lowest BCUT2D eigenvalue weighted by atomic mass is 10.1. The molecule has 3 aromatic rings. The zero-order chi connectivity index (χ0) is 15.6. The number of nitrogens with zero attached hydrogens (tertiary/aromatic N) is 2. The fraction of sp³-hybridized carbons (Fsp3) is 0.0526. The average molecular weight is 334 g/mol. The molecule has 1 aromatic carbocycles.